The predicted molar refractivity (Wildman–Crippen MR) is 75.5 cm³/mol. The Bertz CT molecular complexity index is 176. The molecule has 0 unspecified atom stereocenters. The van der Waals surface area contributed by atoms with Crippen molar-refractivity contribution in [2.75, 3.05) is 46.8 Å². The van der Waals surface area contributed by atoms with Crippen LogP contribution < -0.4 is 5.32 Å². The number of hydrogen-bond acceptors (Lipinski definition) is 3. The second-order valence-corrected chi connectivity index (χ2v) is 5.47. The molecular weight excluding hydrogens is 210 g/mol. The number of likely N-dealkylation sites (tertiary alicyclic amines) is 1. The standard InChI is InChI=1S/C14H31N3/c1-4-9-15-10-5-6-11-17(3)14-7-12-16(2)13-8-14/h14-15H,4-13H2,1-3H3. The minimum atomic E-state index is 0.829. The Balaban J connectivity index is 1.99. The first-order valence-corrected chi connectivity index (χ1v) is 7.33. The molecule has 0 aromatic rings. The molecule has 17 heavy (non-hydrogen) atoms. The maximum absolute atomic E-state index is 3.47. The predicted octanol–water partition coefficient (Wildman–Crippen LogP) is 1.79. The van der Waals surface area contributed by atoms with E-state index in [-0.39, 0.29) is 0 Å². The van der Waals surface area contributed by atoms with E-state index in [1.807, 2.05) is 0 Å². The average Bonchev–Trinajstić information content (AvgIpc) is 2.34. The average molecular weight is 241 g/mol. The molecule has 3 heteroatoms. The molecule has 0 saturated carbocycles. The Morgan fingerprint density at radius 1 is 1.18 bits per heavy atom. The smallest absolute Gasteiger partial charge is 0.0117 e. The molecule has 1 aliphatic heterocycles. The minimum Gasteiger partial charge on any atom is -0.317 e. The Morgan fingerprint density at radius 2 is 1.88 bits per heavy atom. The van der Waals surface area contributed by atoms with E-state index >= 15 is 0 Å². The van der Waals surface area contributed by atoms with Gasteiger partial charge in [-0.1, -0.05) is 6.92 Å². The summed E-state index contributed by atoms with van der Waals surface area (Å²) in [7, 11) is 4.53. The van der Waals surface area contributed by atoms with Gasteiger partial charge in [-0.15, -0.1) is 0 Å². The van der Waals surface area contributed by atoms with Crippen LogP contribution in [-0.4, -0.2) is 62.7 Å². The highest BCUT2D eigenvalue weighted by atomic mass is 15.2. The highest BCUT2D eigenvalue weighted by Crippen LogP contribution is 2.14. The molecule has 1 N–H and O–H groups in total. The lowest BCUT2D eigenvalue weighted by Crippen LogP contribution is -2.42. The van der Waals surface area contributed by atoms with Crippen LogP contribution in [0.25, 0.3) is 0 Å². The van der Waals surface area contributed by atoms with Crippen LogP contribution in [0.4, 0.5) is 0 Å². The number of hydrogen-bond donors (Lipinski definition) is 1. The summed E-state index contributed by atoms with van der Waals surface area (Å²) in [6.07, 6.45) is 6.59. The first-order valence-electron chi connectivity index (χ1n) is 7.33. The number of unbranched alkanes of at least 4 members (excludes halogenated alkanes) is 1. The molecule has 1 aliphatic rings. The monoisotopic (exact) mass is 241 g/mol. The highest BCUT2D eigenvalue weighted by molar-refractivity contribution is 4.76. The van der Waals surface area contributed by atoms with E-state index in [0.717, 1.165) is 6.04 Å². The van der Waals surface area contributed by atoms with E-state index in [9.17, 15) is 0 Å². The minimum absolute atomic E-state index is 0.829. The van der Waals surface area contributed by atoms with Crippen molar-refractivity contribution in [3.63, 3.8) is 0 Å². The number of nitrogens with one attached hydrogen (secondary N) is 1. The van der Waals surface area contributed by atoms with Gasteiger partial charge >= 0.3 is 0 Å². The van der Waals surface area contributed by atoms with E-state index in [2.05, 4.69) is 36.1 Å². The molecule has 0 atom stereocenters. The van der Waals surface area contributed by atoms with Crippen LogP contribution in [0.5, 0.6) is 0 Å². The molecule has 1 rings (SSSR count). The maximum atomic E-state index is 3.47. The number of nitrogens with zero attached hydrogens (tertiary/aromatic N) is 2. The largest absolute Gasteiger partial charge is 0.317 e. The van der Waals surface area contributed by atoms with Gasteiger partial charge in [-0.2, -0.15) is 0 Å². The van der Waals surface area contributed by atoms with Gasteiger partial charge in [0.15, 0.2) is 0 Å². The summed E-state index contributed by atoms with van der Waals surface area (Å²) in [5.74, 6) is 0. The first-order chi connectivity index (χ1) is 8.24. The molecular formula is C14H31N3. The normalized spacial score (nSPS) is 19.1. The topological polar surface area (TPSA) is 18.5 Å². The first kappa shape index (κ1) is 14.9. The third-order valence-corrected chi connectivity index (χ3v) is 3.85. The van der Waals surface area contributed by atoms with E-state index in [1.165, 1.54) is 64.8 Å². The van der Waals surface area contributed by atoms with Crippen LogP contribution >= 0.6 is 0 Å². The van der Waals surface area contributed by atoms with Crippen molar-refractivity contribution in [3.05, 3.63) is 0 Å². The molecule has 0 aromatic heterocycles. The van der Waals surface area contributed by atoms with Gasteiger partial charge in [0, 0.05) is 6.04 Å². The quantitative estimate of drug-likeness (QED) is 0.654. The van der Waals surface area contributed by atoms with Crippen molar-refractivity contribution in [3.8, 4) is 0 Å². The summed E-state index contributed by atoms with van der Waals surface area (Å²) < 4.78 is 0. The van der Waals surface area contributed by atoms with Gasteiger partial charge in [0.2, 0.25) is 0 Å². The van der Waals surface area contributed by atoms with Gasteiger partial charge in [-0.25, -0.2) is 0 Å². The Labute approximate surface area is 108 Å². The molecule has 0 aromatic carbocycles. The Kier molecular flexibility index (Phi) is 7.82. The SMILES string of the molecule is CCCNCCCCN(C)C1CCN(C)CC1. The van der Waals surface area contributed by atoms with Gasteiger partial charge in [0.25, 0.3) is 0 Å². The van der Waals surface area contributed by atoms with Crippen molar-refractivity contribution >= 4 is 0 Å². The van der Waals surface area contributed by atoms with E-state index in [4.69, 9.17) is 0 Å². The van der Waals surface area contributed by atoms with Crippen LogP contribution in [0.15, 0.2) is 0 Å². The zero-order valence-electron chi connectivity index (χ0n) is 12.0. The summed E-state index contributed by atoms with van der Waals surface area (Å²) >= 11 is 0. The van der Waals surface area contributed by atoms with Crippen molar-refractivity contribution in [1.29, 1.82) is 0 Å². The molecule has 0 radical (unpaired) electrons. The summed E-state index contributed by atoms with van der Waals surface area (Å²) in [5.41, 5.74) is 0. The third-order valence-electron chi connectivity index (χ3n) is 3.85. The molecule has 0 aliphatic carbocycles. The zero-order valence-corrected chi connectivity index (χ0v) is 12.0. The molecule has 1 heterocycles. The van der Waals surface area contributed by atoms with Gasteiger partial charge in [-0.3, -0.25) is 0 Å². The van der Waals surface area contributed by atoms with Crippen molar-refractivity contribution in [1.82, 2.24) is 15.1 Å². The summed E-state index contributed by atoms with van der Waals surface area (Å²) in [6, 6.07) is 0.829. The Morgan fingerprint density at radius 3 is 2.53 bits per heavy atom. The fourth-order valence-corrected chi connectivity index (χ4v) is 2.53. The molecule has 1 fully saturated rings. The molecule has 0 spiro atoms. The van der Waals surface area contributed by atoms with Gasteiger partial charge in [0.1, 0.15) is 0 Å². The highest BCUT2D eigenvalue weighted by Gasteiger charge is 2.19. The van der Waals surface area contributed by atoms with Crippen LogP contribution in [0.1, 0.15) is 39.0 Å². The maximum Gasteiger partial charge on any atom is 0.0117 e. The van der Waals surface area contributed by atoms with Gasteiger partial charge in [0.05, 0.1) is 0 Å². The Hall–Kier alpha value is -0.120. The van der Waals surface area contributed by atoms with Crippen molar-refractivity contribution < 1.29 is 0 Å². The summed E-state index contributed by atoms with van der Waals surface area (Å²) in [6.45, 7) is 8.39. The van der Waals surface area contributed by atoms with Crippen molar-refractivity contribution in [2.24, 2.45) is 0 Å². The second kappa shape index (κ2) is 8.90. The lowest BCUT2D eigenvalue weighted by Gasteiger charge is -2.35. The molecule has 0 amide bonds. The van der Waals surface area contributed by atoms with E-state index in [0.29, 0.717) is 0 Å². The fraction of sp³-hybridized carbons (Fsp3) is 1.00. The molecule has 3 nitrogen and oxygen atoms in total. The number of rotatable bonds is 8. The summed E-state index contributed by atoms with van der Waals surface area (Å²) in [4.78, 5) is 5.02. The third kappa shape index (κ3) is 6.39. The molecule has 1 saturated heterocycles. The van der Waals surface area contributed by atoms with E-state index in [1.54, 1.807) is 0 Å². The van der Waals surface area contributed by atoms with Gasteiger partial charge in [-0.05, 0) is 78.9 Å². The molecule has 0 bridgehead atoms. The second-order valence-electron chi connectivity index (χ2n) is 5.47. The van der Waals surface area contributed by atoms with Crippen LogP contribution in [0.3, 0.4) is 0 Å². The number of piperidine rings is 1. The van der Waals surface area contributed by atoms with Crippen molar-refractivity contribution in [2.45, 2.75) is 45.1 Å². The van der Waals surface area contributed by atoms with Crippen LogP contribution in [-0.2, 0) is 0 Å². The molecule has 102 valence electrons. The zero-order chi connectivity index (χ0) is 12.5. The lowest BCUT2D eigenvalue weighted by molar-refractivity contribution is 0.143. The van der Waals surface area contributed by atoms with Gasteiger partial charge < -0.3 is 15.1 Å². The lowest BCUT2D eigenvalue weighted by atomic mass is 10.0. The summed E-state index contributed by atoms with van der Waals surface area (Å²) in [5, 5.41) is 3.47. The fourth-order valence-electron chi connectivity index (χ4n) is 2.53. The van der Waals surface area contributed by atoms with E-state index < -0.39 is 0 Å². The van der Waals surface area contributed by atoms with Crippen LogP contribution in [0, 0.1) is 0 Å². The van der Waals surface area contributed by atoms with Crippen LogP contribution in [0.2, 0.25) is 0 Å².